The molecule has 0 aromatic carbocycles. The molecule has 0 radical (unpaired) electrons. The molecule has 37 heteroatoms. The average molecular weight is 1850 g/mol. The van der Waals surface area contributed by atoms with Crippen LogP contribution in [0.5, 0.6) is 0 Å². The zero-order chi connectivity index (χ0) is 97.1. The molecule has 0 aliphatic carbocycles. The fraction of sp³-hybridized carbons (Fsp3) is 0.456. The third kappa shape index (κ3) is 40.0. The summed E-state index contributed by atoms with van der Waals surface area (Å²) in [7, 11) is 0. The number of nitrogens with two attached hydrogens (primary N) is 2. The summed E-state index contributed by atoms with van der Waals surface area (Å²) in [5, 5.41) is 21.8. The van der Waals surface area contributed by atoms with E-state index >= 15 is 0 Å². The number of rotatable bonds is 11. The van der Waals surface area contributed by atoms with Gasteiger partial charge in [-0.1, -0.05) is 109 Å². The molecule has 3 unspecified atom stereocenters. The number of hydrogen-bond donors (Lipinski definition) is 10. The van der Waals surface area contributed by atoms with Crippen molar-refractivity contribution in [2.24, 2.45) is 26.4 Å². The summed E-state index contributed by atoms with van der Waals surface area (Å²) in [6.07, 6.45) is 28.6. The van der Waals surface area contributed by atoms with E-state index in [0.29, 0.717) is 71.2 Å². The van der Waals surface area contributed by atoms with E-state index in [1.807, 2.05) is 189 Å². The van der Waals surface area contributed by atoms with Gasteiger partial charge >= 0.3 is 0 Å². The average Bonchev–Trinajstić information content (AvgIpc) is 0.846. The van der Waals surface area contributed by atoms with Gasteiger partial charge in [0.2, 0.25) is 17.6 Å². The summed E-state index contributed by atoms with van der Waals surface area (Å²) < 4.78 is 64.3. The van der Waals surface area contributed by atoms with Crippen molar-refractivity contribution in [2.75, 3.05) is 0 Å². The molecule has 0 bridgehead atoms. The summed E-state index contributed by atoms with van der Waals surface area (Å²) in [6.45, 7) is 82.2. The summed E-state index contributed by atoms with van der Waals surface area (Å²) in [5.74, 6) is 1.60. The maximum atomic E-state index is 13.0. The predicted octanol–water partition coefficient (Wildman–Crippen LogP) is 15.7. The first-order chi connectivity index (χ1) is 58.3. The first-order valence-electron chi connectivity index (χ1n) is 41.0. The minimum atomic E-state index is -0.781. The largest absolute Gasteiger partial charge is 0.384 e. The van der Waals surface area contributed by atoms with Crippen LogP contribution in [-0.4, -0.2) is 200 Å². The zero-order valence-corrected chi connectivity index (χ0v) is 81.4. The third-order valence-corrected chi connectivity index (χ3v) is 19.1. The maximum Gasteiger partial charge on any atom is 0.287 e. The van der Waals surface area contributed by atoms with Crippen LogP contribution in [-0.2, 0) is 19.2 Å². The SMILES string of the molecule is C.C=C1N=C(C)C=CN1C(C)C.C=C1N=C(N)C(F)=CN1C(C)C.C=C1N=C(N)C=CN1C(C)C.C=C1NC(=O)C(F)=CN1C(C)C.C=C1NC(=O)C=CN1C(C)C.C=C1NC(=S)C(F)=CN1C(C)C.C=C1NC(=S)C=CN1C(C)C.C=C1NC(=S)C=CN1C(C)C.CC(C)N1C=C(F)C(=O)NC1C.CC(C)N1C=C(F)C(=S)NC1C.CC(C)N1C=CC(=O)NC1C. The first-order valence-corrected chi connectivity index (χ1v) is 42.7. The summed E-state index contributed by atoms with van der Waals surface area (Å²) >= 11 is 19.3. The number of amides is 4. The third-order valence-electron chi connectivity index (χ3n) is 18.0. The van der Waals surface area contributed by atoms with Gasteiger partial charge in [0.15, 0.2) is 23.3 Å². The van der Waals surface area contributed by atoms with Crippen LogP contribution >= 0.6 is 48.9 Å². The second kappa shape index (κ2) is 55.2. The summed E-state index contributed by atoms with van der Waals surface area (Å²) in [4.78, 5) is 77.5. The molecule has 0 fully saturated rings. The predicted molar refractivity (Wildman–Crippen MR) is 528 cm³/mol. The van der Waals surface area contributed by atoms with E-state index in [-0.39, 0.29) is 89.6 Å². The lowest BCUT2D eigenvalue weighted by Gasteiger charge is -2.35. The molecule has 28 nitrogen and oxygen atoms in total. The lowest BCUT2D eigenvalue weighted by atomic mass is 10.2. The number of amidine groups is 2. The molecule has 704 valence electrons. The van der Waals surface area contributed by atoms with Crippen LogP contribution < -0.4 is 54.0 Å². The van der Waals surface area contributed by atoms with Crippen molar-refractivity contribution in [3.8, 4) is 0 Å². The van der Waals surface area contributed by atoms with Gasteiger partial charge in [0.25, 0.3) is 17.7 Å². The lowest BCUT2D eigenvalue weighted by molar-refractivity contribution is -0.122. The van der Waals surface area contributed by atoms with Gasteiger partial charge in [0.1, 0.15) is 72.4 Å². The smallest absolute Gasteiger partial charge is 0.287 e. The highest BCUT2D eigenvalue weighted by molar-refractivity contribution is 7.81. The van der Waals surface area contributed by atoms with Gasteiger partial charge < -0.3 is 108 Å². The number of nitrogens with zero attached hydrogens (tertiary/aromatic N) is 14. The van der Waals surface area contributed by atoms with Crippen molar-refractivity contribution >= 4 is 110 Å². The summed E-state index contributed by atoms with van der Waals surface area (Å²) in [6, 6.07) is 3.31. The van der Waals surface area contributed by atoms with Crippen LogP contribution in [0.4, 0.5) is 22.0 Å². The van der Waals surface area contributed by atoms with Gasteiger partial charge in [-0.05, 0) is 204 Å². The quantitative estimate of drug-likeness (QED) is 0.0679. The molecule has 3 atom stereocenters. The molecule has 11 heterocycles. The van der Waals surface area contributed by atoms with E-state index in [0.717, 1.165) is 39.4 Å². The summed E-state index contributed by atoms with van der Waals surface area (Å²) in [5.41, 5.74) is 11.7. The Hall–Kier alpha value is -11.4. The number of carbonyl (C=O) groups excluding carboxylic acids is 4. The Kier molecular flexibility index (Phi) is 50.2. The van der Waals surface area contributed by atoms with Crippen LogP contribution in [0.1, 0.15) is 187 Å². The van der Waals surface area contributed by atoms with Gasteiger partial charge in [0.05, 0.1) is 18.5 Å². The highest BCUT2D eigenvalue weighted by Crippen LogP contribution is 2.23. The van der Waals surface area contributed by atoms with Gasteiger partial charge in [-0.15, -0.1) is 0 Å². The highest BCUT2D eigenvalue weighted by atomic mass is 32.1. The Morgan fingerprint density at radius 2 is 0.661 bits per heavy atom. The van der Waals surface area contributed by atoms with E-state index < -0.39 is 35.1 Å². The Labute approximate surface area is 774 Å². The van der Waals surface area contributed by atoms with Crippen molar-refractivity contribution in [3.05, 3.63) is 233 Å². The molecule has 0 aromatic heterocycles. The fourth-order valence-electron chi connectivity index (χ4n) is 11.5. The number of carbonyl (C=O) groups is 4. The number of allylic oxidation sites excluding steroid dienone is 1. The van der Waals surface area contributed by atoms with Gasteiger partial charge in [0, 0.05) is 153 Å². The molecule has 0 spiro atoms. The number of halogens is 5. The normalized spacial score (nSPS) is 19.4. The molecule has 0 saturated heterocycles. The van der Waals surface area contributed by atoms with Gasteiger partial charge in [-0.25, -0.2) is 28.1 Å². The van der Waals surface area contributed by atoms with Crippen LogP contribution in [0.2, 0.25) is 0 Å². The van der Waals surface area contributed by atoms with Crippen molar-refractivity contribution in [1.29, 1.82) is 0 Å². The number of aliphatic imine (C=N–C) groups is 3. The van der Waals surface area contributed by atoms with Crippen molar-refractivity contribution in [3.63, 3.8) is 0 Å². The molecule has 4 amide bonds. The standard InChI is InChI=1S/C9H14N2.C8H12FN3.C8H13FN2O.C8H11FN2O.C8H13FN2S.C8H11FN2S.C8H13N3.C8H14N2O.C8H12N2O.2C8H12N2S.CH4/c1-7(2)11-6-5-8(3)10-9(11)4;1-5(2)12-4-7(9)8(10)11-6(12)3;4*1-5(2)11-4-7(9)8(12)10-6(11)3;1-6(2)11-5-4-8(9)10-7(11)3;4*1-6(2)10-5-4-8(11)9-7(10)3;/h5-7H,4H2,1-3H3;4-5H,3H2,1-2H3,(H2,10,11);4-6H,1-3H3,(H,10,12);4-5H,3H2,1-2H3,(H,10,12);4-6H,1-3H3,(H,10,12);4-5H,3H2,1-2H3,(H,10,12);4-6H,3H2,1-2H3,(H2,9,10);4-7H,1-3H3,(H,9,11);3*4-6H,3H2,1-2H3,(H,9,11);1H4. The van der Waals surface area contributed by atoms with Gasteiger partial charge in [-0.2, -0.15) is 8.78 Å². The fourth-order valence-corrected chi connectivity index (χ4v) is 12.3. The minimum Gasteiger partial charge on any atom is -0.384 e. The number of nitrogens with one attached hydrogen (secondary N) is 8. The molecule has 0 saturated carbocycles. The second-order valence-electron chi connectivity index (χ2n) is 32.0. The van der Waals surface area contributed by atoms with Crippen LogP contribution in [0.3, 0.4) is 0 Å². The molecule has 12 N–H and O–H groups in total. The Balaban J connectivity index is 0.00000137. The molecule has 0 aromatic rings. The topological polar surface area (TPSA) is 289 Å². The Morgan fingerprint density at radius 3 is 1.06 bits per heavy atom. The van der Waals surface area contributed by atoms with E-state index in [4.69, 9.17) is 60.3 Å². The molecule has 127 heavy (non-hydrogen) atoms. The highest BCUT2D eigenvalue weighted by Gasteiger charge is 2.28. The molecular weight excluding hydrogens is 1700 g/mol. The first kappa shape index (κ1) is 116. The minimum absolute atomic E-state index is 0. The van der Waals surface area contributed by atoms with E-state index in [1.54, 1.807) is 38.0 Å². The number of thiocarbonyl (C=S) groups is 4. The lowest BCUT2D eigenvalue weighted by Crippen LogP contribution is -2.50. The Bertz CT molecular complexity index is 4150. The van der Waals surface area contributed by atoms with E-state index in [2.05, 4.69) is 184 Å². The number of hydrogen-bond acceptors (Lipinski definition) is 24. The van der Waals surface area contributed by atoms with Crippen LogP contribution in [0.25, 0.3) is 0 Å². The van der Waals surface area contributed by atoms with Crippen LogP contribution in [0, 0.1) is 0 Å². The molecule has 11 rings (SSSR count). The Morgan fingerprint density at radius 1 is 0.331 bits per heavy atom. The van der Waals surface area contributed by atoms with Crippen molar-refractivity contribution < 1.29 is 41.1 Å². The monoisotopic (exact) mass is 1850 g/mol. The van der Waals surface area contributed by atoms with E-state index in [1.165, 1.54) is 30.9 Å². The van der Waals surface area contributed by atoms with Crippen molar-refractivity contribution in [2.45, 2.75) is 272 Å². The zero-order valence-electron chi connectivity index (χ0n) is 78.1. The maximum absolute atomic E-state index is 13.0. The van der Waals surface area contributed by atoms with Gasteiger partial charge in [-0.3, -0.25) is 19.2 Å². The van der Waals surface area contributed by atoms with E-state index in [9.17, 15) is 41.1 Å². The van der Waals surface area contributed by atoms with Crippen LogP contribution in [0.15, 0.2) is 248 Å². The molecule has 11 aliphatic heterocycles. The van der Waals surface area contributed by atoms with Crippen molar-refractivity contribution in [1.82, 2.24) is 96.4 Å². The molecule has 11 aliphatic rings. The molecular formula is C90H141F5N24O4S4. The second-order valence-corrected chi connectivity index (χ2v) is 33.7.